The minimum atomic E-state index is 0.00684. The second kappa shape index (κ2) is 7.82. The van der Waals surface area contributed by atoms with E-state index in [2.05, 4.69) is 4.90 Å². The van der Waals surface area contributed by atoms with Gasteiger partial charge in [-0.05, 0) is 36.4 Å². The van der Waals surface area contributed by atoms with Crippen LogP contribution in [-0.4, -0.2) is 36.9 Å². The Labute approximate surface area is 147 Å². The largest absolute Gasteiger partial charge is 0.345 e. The number of carbonyl (C=O) groups is 1. The maximum Gasteiger partial charge on any atom is 0.253 e. The number of benzene rings is 2. The van der Waals surface area contributed by atoms with Gasteiger partial charge in [0, 0.05) is 32.7 Å². The molecule has 2 rings (SSSR count). The van der Waals surface area contributed by atoms with Crippen molar-refractivity contribution in [2.75, 3.05) is 21.1 Å². The molecular formula is C18H20Cl2N2O. The third-order valence-electron chi connectivity index (χ3n) is 3.50. The van der Waals surface area contributed by atoms with E-state index in [9.17, 15) is 4.79 Å². The first-order chi connectivity index (χ1) is 10.9. The van der Waals surface area contributed by atoms with Crippen LogP contribution >= 0.6 is 23.2 Å². The minimum absolute atomic E-state index is 0.00684. The van der Waals surface area contributed by atoms with E-state index in [0.29, 0.717) is 22.2 Å². The lowest BCUT2D eigenvalue weighted by Gasteiger charge is -2.19. The van der Waals surface area contributed by atoms with E-state index in [1.807, 2.05) is 43.4 Å². The van der Waals surface area contributed by atoms with Crippen LogP contribution in [0, 0.1) is 0 Å². The van der Waals surface area contributed by atoms with Crippen LogP contribution < -0.4 is 0 Å². The zero-order valence-corrected chi connectivity index (χ0v) is 15.0. The summed E-state index contributed by atoms with van der Waals surface area (Å²) in [6.07, 6.45) is 0. The molecule has 0 radical (unpaired) electrons. The highest BCUT2D eigenvalue weighted by atomic mass is 35.5. The molecule has 2 aromatic carbocycles. The molecular weight excluding hydrogens is 331 g/mol. The van der Waals surface area contributed by atoms with Gasteiger partial charge in [0.05, 0.1) is 10.0 Å². The zero-order chi connectivity index (χ0) is 17.0. The molecule has 0 aliphatic carbocycles. The second-order valence-corrected chi connectivity index (χ2v) is 6.57. The van der Waals surface area contributed by atoms with E-state index in [1.165, 1.54) is 0 Å². The van der Waals surface area contributed by atoms with Gasteiger partial charge in [-0.2, -0.15) is 0 Å². The van der Waals surface area contributed by atoms with Crippen molar-refractivity contribution in [3.8, 4) is 0 Å². The van der Waals surface area contributed by atoms with Crippen LogP contribution in [0.2, 0.25) is 10.0 Å². The van der Waals surface area contributed by atoms with Gasteiger partial charge >= 0.3 is 0 Å². The number of rotatable bonds is 5. The number of halogens is 2. The van der Waals surface area contributed by atoms with E-state index in [4.69, 9.17) is 23.2 Å². The number of hydrogen-bond donors (Lipinski definition) is 0. The molecule has 0 N–H and O–H groups in total. The van der Waals surface area contributed by atoms with Gasteiger partial charge < -0.3 is 4.90 Å². The summed E-state index contributed by atoms with van der Waals surface area (Å²) in [5, 5.41) is 1.16. The van der Waals surface area contributed by atoms with Crippen LogP contribution in [0.15, 0.2) is 42.5 Å². The van der Waals surface area contributed by atoms with Crippen molar-refractivity contribution < 1.29 is 4.79 Å². The molecule has 0 saturated carbocycles. The summed E-state index contributed by atoms with van der Waals surface area (Å²) in [5.74, 6) is 0.00684. The molecule has 0 aromatic heterocycles. The first-order valence-electron chi connectivity index (χ1n) is 7.30. The Bertz CT molecular complexity index is 701. The monoisotopic (exact) mass is 350 g/mol. The molecule has 0 aliphatic heterocycles. The second-order valence-electron chi connectivity index (χ2n) is 5.79. The summed E-state index contributed by atoms with van der Waals surface area (Å²) in [7, 11) is 5.52. The molecule has 23 heavy (non-hydrogen) atoms. The Kier molecular flexibility index (Phi) is 6.05. The Morgan fingerprint density at radius 2 is 1.70 bits per heavy atom. The van der Waals surface area contributed by atoms with E-state index in [1.54, 1.807) is 25.1 Å². The van der Waals surface area contributed by atoms with Crippen molar-refractivity contribution in [1.29, 1.82) is 0 Å². The molecule has 0 heterocycles. The third kappa shape index (κ3) is 4.71. The first kappa shape index (κ1) is 17.8. The number of amides is 1. The van der Waals surface area contributed by atoms with E-state index >= 15 is 0 Å². The van der Waals surface area contributed by atoms with Crippen molar-refractivity contribution >= 4 is 29.1 Å². The zero-order valence-electron chi connectivity index (χ0n) is 13.5. The van der Waals surface area contributed by atoms with Crippen LogP contribution in [0.5, 0.6) is 0 Å². The SMILES string of the molecule is CN(Cc1cccc(C(=O)N(C)C)c1)Cc1cccc(Cl)c1Cl. The summed E-state index contributed by atoms with van der Waals surface area (Å²) < 4.78 is 0. The highest BCUT2D eigenvalue weighted by molar-refractivity contribution is 6.42. The molecule has 0 aliphatic rings. The highest BCUT2D eigenvalue weighted by Crippen LogP contribution is 2.26. The van der Waals surface area contributed by atoms with Crippen molar-refractivity contribution in [1.82, 2.24) is 9.80 Å². The Morgan fingerprint density at radius 1 is 1.00 bits per heavy atom. The van der Waals surface area contributed by atoms with E-state index in [-0.39, 0.29) is 5.91 Å². The van der Waals surface area contributed by atoms with Crippen LogP contribution in [0.4, 0.5) is 0 Å². The lowest BCUT2D eigenvalue weighted by molar-refractivity contribution is 0.0827. The fraction of sp³-hybridized carbons (Fsp3) is 0.278. The van der Waals surface area contributed by atoms with Gasteiger partial charge in [-0.25, -0.2) is 0 Å². The van der Waals surface area contributed by atoms with Gasteiger partial charge in [0.25, 0.3) is 5.91 Å². The Morgan fingerprint density at radius 3 is 2.39 bits per heavy atom. The summed E-state index contributed by atoms with van der Waals surface area (Å²) in [6, 6.07) is 13.3. The first-order valence-corrected chi connectivity index (χ1v) is 8.06. The maximum absolute atomic E-state index is 12.0. The molecule has 2 aromatic rings. The maximum atomic E-state index is 12.0. The Balaban J connectivity index is 2.08. The average molecular weight is 351 g/mol. The molecule has 5 heteroatoms. The lowest BCUT2D eigenvalue weighted by Crippen LogP contribution is -2.22. The summed E-state index contributed by atoms with van der Waals surface area (Å²) in [5.41, 5.74) is 2.77. The number of carbonyl (C=O) groups excluding carboxylic acids is 1. The molecule has 0 fully saturated rings. The van der Waals surface area contributed by atoms with Crippen LogP contribution in [0.25, 0.3) is 0 Å². The van der Waals surface area contributed by atoms with Gasteiger partial charge in [0.2, 0.25) is 0 Å². The van der Waals surface area contributed by atoms with Gasteiger partial charge in [0.15, 0.2) is 0 Å². The fourth-order valence-electron chi connectivity index (χ4n) is 2.39. The number of hydrogen-bond acceptors (Lipinski definition) is 2. The molecule has 0 saturated heterocycles. The topological polar surface area (TPSA) is 23.6 Å². The van der Waals surface area contributed by atoms with E-state index < -0.39 is 0 Å². The lowest BCUT2D eigenvalue weighted by atomic mass is 10.1. The summed E-state index contributed by atoms with van der Waals surface area (Å²) in [4.78, 5) is 15.7. The fourth-order valence-corrected chi connectivity index (χ4v) is 2.77. The van der Waals surface area contributed by atoms with E-state index in [0.717, 1.165) is 17.7 Å². The standard InChI is InChI=1S/C18H20Cl2N2O/c1-21(2)18(23)14-7-4-6-13(10-14)11-22(3)12-15-8-5-9-16(19)17(15)20/h4-10H,11-12H2,1-3H3. The molecule has 3 nitrogen and oxygen atoms in total. The predicted octanol–water partition coefficient (Wildman–Crippen LogP) is 4.33. The van der Waals surface area contributed by atoms with Crippen LogP contribution in [0.1, 0.15) is 21.5 Å². The van der Waals surface area contributed by atoms with Crippen LogP contribution in [0.3, 0.4) is 0 Å². The van der Waals surface area contributed by atoms with Gasteiger partial charge in [-0.1, -0.05) is 47.5 Å². The van der Waals surface area contributed by atoms with Crippen molar-refractivity contribution in [2.24, 2.45) is 0 Å². The molecule has 122 valence electrons. The van der Waals surface area contributed by atoms with Crippen molar-refractivity contribution in [3.05, 3.63) is 69.2 Å². The molecule has 1 amide bonds. The summed E-state index contributed by atoms with van der Waals surface area (Å²) >= 11 is 12.3. The van der Waals surface area contributed by atoms with Crippen molar-refractivity contribution in [2.45, 2.75) is 13.1 Å². The van der Waals surface area contributed by atoms with Gasteiger partial charge in [-0.15, -0.1) is 0 Å². The minimum Gasteiger partial charge on any atom is -0.345 e. The van der Waals surface area contributed by atoms with Crippen LogP contribution in [-0.2, 0) is 13.1 Å². The number of nitrogens with zero attached hydrogens (tertiary/aromatic N) is 2. The predicted molar refractivity (Wildman–Crippen MR) is 96.1 cm³/mol. The smallest absolute Gasteiger partial charge is 0.253 e. The molecule has 0 unspecified atom stereocenters. The molecule has 0 atom stereocenters. The molecule has 0 bridgehead atoms. The third-order valence-corrected chi connectivity index (χ3v) is 4.36. The average Bonchev–Trinajstić information content (AvgIpc) is 2.51. The summed E-state index contributed by atoms with van der Waals surface area (Å²) in [6.45, 7) is 1.41. The van der Waals surface area contributed by atoms with Gasteiger partial charge in [-0.3, -0.25) is 9.69 Å². The Hall–Kier alpha value is -1.55. The molecule has 0 spiro atoms. The van der Waals surface area contributed by atoms with Crippen molar-refractivity contribution in [3.63, 3.8) is 0 Å². The van der Waals surface area contributed by atoms with Gasteiger partial charge in [0.1, 0.15) is 0 Å². The normalized spacial score (nSPS) is 10.9. The highest BCUT2D eigenvalue weighted by Gasteiger charge is 2.11. The quantitative estimate of drug-likeness (QED) is 0.801.